The zero-order valence-electron chi connectivity index (χ0n) is 18.3. The Morgan fingerprint density at radius 2 is 1.84 bits per heavy atom. The van der Waals surface area contributed by atoms with E-state index in [0.29, 0.717) is 29.3 Å². The lowest BCUT2D eigenvalue weighted by atomic mass is 9.88. The molecule has 164 valence electrons. The van der Waals surface area contributed by atoms with E-state index in [1.807, 2.05) is 19.1 Å². The molecule has 1 atom stereocenters. The van der Waals surface area contributed by atoms with Crippen LogP contribution < -0.4 is 4.90 Å². The predicted molar refractivity (Wildman–Crippen MR) is 128 cm³/mol. The molecule has 5 nitrogen and oxygen atoms in total. The summed E-state index contributed by atoms with van der Waals surface area (Å²) in [5.41, 5.74) is 2.83. The number of carbonyl (C=O) groups is 2. The first kappa shape index (κ1) is 22.4. The summed E-state index contributed by atoms with van der Waals surface area (Å²) >= 11 is 3.44. The fourth-order valence-corrected chi connectivity index (χ4v) is 4.48. The minimum Gasteiger partial charge on any atom is -0.375 e. The summed E-state index contributed by atoms with van der Waals surface area (Å²) in [5, 5.41) is 11.6. The van der Waals surface area contributed by atoms with Gasteiger partial charge in [-0.2, -0.15) is 0 Å². The number of aryl methyl sites for hydroxylation is 1. The third-order valence-electron chi connectivity index (χ3n) is 6.08. The van der Waals surface area contributed by atoms with Gasteiger partial charge in [0.25, 0.3) is 5.91 Å². The van der Waals surface area contributed by atoms with E-state index in [1.54, 1.807) is 23.1 Å². The second-order valence-electron chi connectivity index (χ2n) is 8.59. The number of aromatic nitrogens is 1. The summed E-state index contributed by atoms with van der Waals surface area (Å²) in [6.07, 6.45) is 2.71. The topological polar surface area (TPSA) is 70.5 Å². The van der Waals surface area contributed by atoms with Crippen LogP contribution in [0.4, 0.5) is 5.69 Å². The molecule has 0 radical (unpaired) electrons. The van der Waals surface area contributed by atoms with E-state index in [4.69, 9.17) is 0 Å². The Hall–Kier alpha value is -2.83. The van der Waals surface area contributed by atoms with Crippen molar-refractivity contribution in [3.05, 3.63) is 93.2 Å². The van der Waals surface area contributed by atoms with Crippen LogP contribution in [-0.2, 0) is 16.9 Å². The van der Waals surface area contributed by atoms with E-state index in [9.17, 15) is 14.7 Å². The molecular weight excluding hydrogens is 468 g/mol. The molecule has 3 aromatic rings. The number of rotatable bonds is 6. The molecule has 1 aromatic heterocycles. The van der Waals surface area contributed by atoms with Crippen LogP contribution in [0.3, 0.4) is 0 Å². The number of hydrogen-bond acceptors (Lipinski definition) is 4. The number of anilines is 1. The number of pyridine rings is 1. The second-order valence-corrected chi connectivity index (χ2v) is 9.51. The largest absolute Gasteiger partial charge is 0.375 e. The van der Waals surface area contributed by atoms with Crippen molar-refractivity contribution in [2.45, 2.75) is 45.3 Å². The number of amides is 1. The third kappa shape index (κ3) is 4.00. The van der Waals surface area contributed by atoms with Gasteiger partial charge in [0, 0.05) is 28.0 Å². The van der Waals surface area contributed by atoms with Crippen molar-refractivity contribution in [3.8, 4) is 0 Å². The molecule has 6 heteroatoms. The first-order valence-corrected chi connectivity index (χ1v) is 11.4. The molecule has 1 aliphatic heterocycles. The normalized spacial score (nSPS) is 17.7. The van der Waals surface area contributed by atoms with Crippen molar-refractivity contribution in [1.29, 1.82) is 0 Å². The number of benzene rings is 2. The van der Waals surface area contributed by atoms with Gasteiger partial charge in [-0.3, -0.25) is 14.6 Å². The fraction of sp³-hybridized carbons (Fsp3) is 0.269. The molecule has 1 N–H and O–H groups in total. The molecule has 4 rings (SSSR count). The lowest BCUT2D eigenvalue weighted by Gasteiger charge is -2.24. The van der Waals surface area contributed by atoms with Gasteiger partial charge in [0.15, 0.2) is 11.4 Å². The van der Waals surface area contributed by atoms with Crippen molar-refractivity contribution >= 4 is 33.3 Å². The molecule has 0 aliphatic carbocycles. The molecule has 0 saturated carbocycles. The van der Waals surface area contributed by atoms with Crippen LogP contribution in [-0.4, -0.2) is 21.8 Å². The molecule has 1 unspecified atom stereocenters. The van der Waals surface area contributed by atoms with Crippen LogP contribution in [0.25, 0.3) is 0 Å². The standard InChI is InChI=1S/C26H25BrN2O3/c1-16(2)19-5-4-17(3)20(12-19)15-29-23-7-6-21(27)13-22(23)26(32,25(29)31)14-24(30)18-8-10-28-11-9-18/h4-13,16,32H,14-15H2,1-3H3. The molecular formula is C26H25BrN2O3. The van der Waals surface area contributed by atoms with Crippen LogP contribution in [0.15, 0.2) is 65.4 Å². The van der Waals surface area contributed by atoms with Crippen LogP contribution in [0.5, 0.6) is 0 Å². The highest BCUT2D eigenvalue weighted by molar-refractivity contribution is 9.10. The molecule has 0 fully saturated rings. The second kappa shape index (κ2) is 8.60. The Morgan fingerprint density at radius 3 is 2.53 bits per heavy atom. The van der Waals surface area contributed by atoms with E-state index >= 15 is 0 Å². The first-order chi connectivity index (χ1) is 15.2. The Kier molecular flexibility index (Phi) is 6.01. The first-order valence-electron chi connectivity index (χ1n) is 10.6. The lowest BCUT2D eigenvalue weighted by Crippen LogP contribution is -2.41. The minimum absolute atomic E-state index is 0.311. The molecule has 2 heterocycles. The minimum atomic E-state index is -1.93. The molecule has 1 amide bonds. The van der Waals surface area contributed by atoms with Gasteiger partial charge in [-0.1, -0.05) is 48.0 Å². The number of hydrogen-bond donors (Lipinski definition) is 1. The number of fused-ring (bicyclic) bond motifs is 1. The Bertz CT molecular complexity index is 1190. The van der Waals surface area contributed by atoms with Gasteiger partial charge >= 0.3 is 0 Å². The number of ketones is 1. The van der Waals surface area contributed by atoms with Crippen molar-refractivity contribution in [3.63, 3.8) is 0 Å². The Balaban J connectivity index is 1.73. The summed E-state index contributed by atoms with van der Waals surface area (Å²) in [6.45, 7) is 6.60. The predicted octanol–water partition coefficient (Wildman–Crippen LogP) is 5.28. The average molecular weight is 493 g/mol. The van der Waals surface area contributed by atoms with Gasteiger partial charge in [-0.25, -0.2) is 0 Å². The summed E-state index contributed by atoms with van der Waals surface area (Å²) in [6, 6.07) is 14.8. The lowest BCUT2D eigenvalue weighted by molar-refractivity contribution is -0.136. The highest BCUT2D eigenvalue weighted by atomic mass is 79.9. The Morgan fingerprint density at radius 1 is 1.12 bits per heavy atom. The number of aliphatic hydroxyl groups is 1. The van der Waals surface area contributed by atoms with Crippen molar-refractivity contribution < 1.29 is 14.7 Å². The van der Waals surface area contributed by atoms with Gasteiger partial charge in [0.05, 0.1) is 18.7 Å². The van der Waals surface area contributed by atoms with Gasteiger partial charge in [-0.15, -0.1) is 0 Å². The zero-order valence-corrected chi connectivity index (χ0v) is 19.9. The summed E-state index contributed by atoms with van der Waals surface area (Å²) < 4.78 is 0.735. The third-order valence-corrected chi connectivity index (χ3v) is 6.57. The van der Waals surface area contributed by atoms with Gasteiger partial charge in [-0.05, 0) is 59.9 Å². The zero-order chi connectivity index (χ0) is 23.0. The van der Waals surface area contributed by atoms with E-state index in [1.165, 1.54) is 18.0 Å². The average Bonchev–Trinajstić information content (AvgIpc) is 2.97. The summed E-state index contributed by atoms with van der Waals surface area (Å²) in [7, 11) is 0. The monoisotopic (exact) mass is 492 g/mol. The van der Waals surface area contributed by atoms with E-state index in [-0.39, 0.29) is 12.2 Å². The number of carbonyl (C=O) groups excluding carboxylic acids is 2. The highest BCUT2D eigenvalue weighted by Crippen LogP contribution is 2.45. The van der Waals surface area contributed by atoms with Gasteiger partial charge in [0.1, 0.15) is 0 Å². The highest BCUT2D eigenvalue weighted by Gasteiger charge is 2.51. The van der Waals surface area contributed by atoms with Crippen molar-refractivity contribution in [2.24, 2.45) is 0 Å². The quantitative estimate of drug-likeness (QED) is 0.475. The van der Waals surface area contributed by atoms with E-state index in [2.05, 4.69) is 53.0 Å². The smallest absolute Gasteiger partial charge is 0.264 e. The molecule has 32 heavy (non-hydrogen) atoms. The van der Waals surface area contributed by atoms with Crippen molar-refractivity contribution in [2.75, 3.05) is 4.90 Å². The van der Waals surface area contributed by atoms with E-state index < -0.39 is 11.5 Å². The Labute approximate surface area is 196 Å². The number of Topliss-reactive ketones (excluding diaryl/α,β-unsaturated/α-hetero) is 1. The molecule has 0 bridgehead atoms. The maximum absolute atomic E-state index is 13.6. The number of nitrogens with zero attached hydrogens (tertiary/aromatic N) is 2. The van der Waals surface area contributed by atoms with Gasteiger partial charge < -0.3 is 10.0 Å². The molecule has 0 spiro atoms. The summed E-state index contributed by atoms with van der Waals surface area (Å²) in [5.74, 6) is -0.432. The van der Waals surface area contributed by atoms with Crippen LogP contribution in [0.1, 0.15) is 58.8 Å². The van der Waals surface area contributed by atoms with E-state index in [0.717, 1.165) is 15.6 Å². The van der Waals surface area contributed by atoms with Crippen LogP contribution in [0.2, 0.25) is 0 Å². The number of halogens is 1. The van der Waals surface area contributed by atoms with Crippen LogP contribution in [0, 0.1) is 6.92 Å². The maximum atomic E-state index is 13.6. The van der Waals surface area contributed by atoms with Gasteiger partial charge in [0.2, 0.25) is 0 Å². The van der Waals surface area contributed by atoms with Crippen LogP contribution >= 0.6 is 15.9 Å². The molecule has 2 aromatic carbocycles. The fourth-order valence-electron chi connectivity index (χ4n) is 4.11. The summed E-state index contributed by atoms with van der Waals surface area (Å²) in [4.78, 5) is 32.0. The maximum Gasteiger partial charge on any atom is 0.264 e. The van der Waals surface area contributed by atoms with Crippen molar-refractivity contribution in [1.82, 2.24) is 4.98 Å². The SMILES string of the molecule is Cc1ccc(C(C)C)cc1CN1C(=O)C(O)(CC(=O)c2ccncc2)c2cc(Br)ccc21. The molecule has 1 aliphatic rings. The molecule has 0 saturated heterocycles.